The van der Waals surface area contributed by atoms with Crippen LogP contribution in [-0.2, 0) is 19.7 Å². The Morgan fingerprint density at radius 3 is 2.39 bits per heavy atom. The molecule has 7 heteroatoms. The van der Waals surface area contributed by atoms with Crippen LogP contribution >= 0.6 is 0 Å². The topological polar surface area (TPSA) is 73.6 Å². The van der Waals surface area contributed by atoms with Crippen LogP contribution in [0.1, 0.15) is 28.1 Å². The Hall–Kier alpha value is -2.38. The summed E-state index contributed by atoms with van der Waals surface area (Å²) in [5.41, 5.74) is 5.54. The Kier molecular flexibility index (Phi) is 6.70. The lowest BCUT2D eigenvalue weighted by Gasteiger charge is -2.35. The van der Waals surface area contributed by atoms with Crippen molar-refractivity contribution >= 4 is 6.03 Å². The van der Waals surface area contributed by atoms with Crippen LogP contribution in [0.25, 0.3) is 0 Å². The molecule has 0 atom stereocenters. The highest BCUT2D eigenvalue weighted by atomic mass is 16.3. The van der Waals surface area contributed by atoms with Crippen LogP contribution in [0.5, 0.6) is 0 Å². The predicted octanol–water partition coefficient (Wildman–Crippen LogP) is 1.83. The number of benzene rings is 1. The lowest BCUT2D eigenvalue weighted by atomic mass is 10.1. The molecule has 1 aliphatic rings. The Morgan fingerprint density at radius 2 is 1.79 bits per heavy atom. The van der Waals surface area contributed by atoms with Crippen molar-refractivity contribution in [2.45, 2.75) is 40.5 Å². The number of aromatic nitrogens is 2. The van der Waals surface area contributed by atoms with Crippen LogP contribution in [0.4, 0.5) is 4.79 Å². The second kappa shape index (κ2) is 9.21. The van der Waals surface area contributed by atoms with E-state index in [1.165, 1.54) is 5.56 Å². The minimum Gasteiger partial charge on any atom is -0.392 e. The number of nitrogens with one attached hydrogen (secondary N) is 1. The molecule has 1 aromatic carbocycles. The van der Waals surface area contributed by atoms with Gasteiger partial charge in [-0.25, -0.2) is 4.79 Å². The van der Waals surface area contributed by atoms with Crippen LogP contribution in [0.3, 0.4) is 0 Å². The molecule has 2 amide bonds. The standard InChI is InChI=1S/C21H31N5O2/c1-16-17(2)23-26(18(16)3)9-8-22-21(28)25-12-10-24(11-13-25)14-19-6-4-5-7-20(19)15-27/h4-7,27H,8-15H2,1-3H3,(H,22,28). The first-order chi connectivity index (χ1) is 13.5. The normalized spacial score (nSPS) is 15.1. The molecule has 2 heterocycles. The van der Waals surface area contributed by atoms with Gasteiger partial charge in [0.25, 0.3) is 0 Å². The second-order valence-electron chi connectivity index (χ2n) is 7.44. The van der Waals surface area contributed by atoms with Gasteiger partial charge >= 0.3 is 6.03 Å². The van der Waals surface area contributed by atoms with Gasteiger partial charge in [-0.3, -0.25) is 9.58 Å². The number of aryl methyl sites for hydroxylation is 1. The molecule has 0 bridgehead atoms. The number of carbonyl (C=O) groups excluding carboxylic acids is 1. The molecule has 2 aromatic rings. The van der Waals surface area contributed by atoms with E-state index in [2.05, 4.69) is 35.2 Å². The highest BCUT2D eigenvalue weighted by molar-refractivity contribution is 5.74. The number of amides is 2. The van der Waals surface area contributed by atoms with Gasteiger partial charge in [0.2, 0.25) is 0 Å². The molecule has 1 fully saturated rings. The first-order valence-electron chi connectivity index (χ1n) is 9.93. The molecule has 0 spiro atoms. The Labute approximate surface area is 166 Å². The van der Waals surface area contributed by atoms with Gasteiger partial charge in [-0.2, -0.15) is 5.10 Å². The summed E-state index contributed by atoms with van der Waals surface area (Å²) in [6.45, 7) is 11.4. The maximum Gasteiger partial charge on any atom is 0.317 e. The number of aliphatic hydroxyl groups is 1. The number of hydrogen-bond acceptors (Lipinski definition) is 4. The number of urea groups is 1. The van der Waals surface area contributed by atoms with E-state index in [0.29, 0.717) is 26.2 Å². The lowest BCUT2D eigenvalue weighted by molar-refractivity contribution is 0.134. The van der Waals surface area contributed by atoms with E-state index in [1.807, 2.05) is 34.7 Å². The van der Waals surface area contributed by atoms with Crippen molar-refractivity contribution in [3.63, 3.8) is 0 Å². The number of rotatable bonds is 6. The van der Waals surface area contributed by atoms with Gasteiger partial charge in [0.15, 0.2) is 0 Å². The van der Waals surface area contributed by atoms with Gasteiger partial charge in [0.05, 0.1) is 18.8 Å². The predicted molar refractivity (Wildman–Crippen MR) is 109 cm³/mol. The zero-order valence-corrected chi connectivity index (χ0v) is 17.1. The van der Waals surface area contributed by atoms with Crippen molar-refractivity contribution in [3.8, 4) is 0 Å². The molecular weight excluding hydrogens is 354 g/mol. The molecule has 0 unspecified atom stereocenters. The molecule has 152 valence electrons. The summed E-state index contributed by atoms with van der Waals surface area (Å²) in [4.78, 5) is 16.7. The molecule has 7 nitrogen and oxygen atoms in total. The fourth-order valence-corrected chi connectivity index (χ4v) is 3.60. The molecule has 1 aromatic heterocycles. The summed E-state index contributed by atoms with van der Waals surface area (Å²) >= 11 is 0. The Bertz CT molecular complexity index is 809. The fourth-order valence-electron chi connectivity index (χ4n) is 3.60. The third-order valence-corrected chi connectivity index (χ3v) is 5.69. The van der Waals surface area contributed by atoms with E-state index >= 15 is 0 Å². The van der Waals surface area contributed by atoms with E-state index in [9.17, 15) is 9.90 Å². The average molecular weight is 386 g/mol. The van der Waals surface area contributed by atoms with Crippen LogP contribution in [-0.4, -0.2) is 63.4 Å². The zero-order chi connectivity index (χ0) is 20.1. The molecular formula is C21H31N5O2. The van der Waals surface area contributed by atoms with Gasteiger partial charge in [0.1, 0.15) is 0 Å². The maximum atomic E-state index is 12.4. The number of hydrogen-bond donors (Lipinski definition) is 2. The fraction of sp³-hybridized carbons (Fsp3) is 0.524. The van der Waals surface area contributed by atoms with Crippen LogP contribution in [0.2, 0.25) is 0 Å². The van der Waals surface area contributed by atoms with Crippen molar-refractivity contribution in [2.75, 3.05) is 32.7 Å². The maximum absolute atomic E-state index is 12.4. The van der Waals surface area contributed by atoms with E-state index < -0.39 is 0 Å². The largest absolute Gasteiger partial charge is 0.392 e. The van der Waals surface area contributed by atoms with Crippen molar-refractivity contribution in [3.05, 3.63) is 52.3 Å². The summed E-state index contributed by atoms with van der Waals surface area (Å²) in [6.07, 6.45) is 0. The molecule has 28 heavy (non-hydrogen) atoms. The summed E-state index contributed by atoms with van der Waals surface area (Å²) in [7, 11) is 0. The molecule has 1 aliphatic heterocycles. The minimum absolute atomic E-state index is 0.00587. The molecule has 0 radical (unpaired) electrons. The van der Waals surface area contributed by atoms with Crippen molar-refractivity contribution in [1.82, 2.24) is 24.9 Å². The lowest BCUT2D eigenvalue weighted by Crippen LogP contribution is -2.51. The highest BCUT2D eigenvalue weighted by Crippen LogP contribution is 2.14. The zero-order valence-electron chi connectivity index (χ0n) is 17.1. The quantitative estimate of drug-likeness (QED) is 0.796. The van der Waals surface area contributed by atoms with Gasteiger partial charge in [-0.05, 0) is 37.5 Å². The third-order valence-electron chi connectivity index (χ3n) is 5.69. The van der Waals surface area contributed by atoms with Crippen LogP contribution in [0.15, 0.2) is 24.3 Å². The van der Waals surface area contributed by atoms with Gasteiger partial charge in [-0.1, -0.05) is 24.3 Å². The SMILES string of the molecule is Cc1nn(CCNC(=O)N2CCN(Cc3ccccc3CO)CC2)c(C)c1C. The van der Waals surface area contributed by atoms with Crippen molar-refractivity contribution in [1.29, 1.82) is 0 Å². The smallest absolute Gasteiger partial charge is 0.317 e. The van der Waals surface area contributed by atoms with Gasteiger partial charge in [-0.15, -0.1) is 0 Å². The summed E-state index contributed by atoms with van der Waals surface area (Å²) in [6, 6.07) is 7.97. The number of piperazine rings is 1. The number of carbonyl (C=O) groups is 1. The van der Waals surface area contributed by atoms with E-state index in [-0.39, 0.29) is 12.6 Å². The average Bonchev–Trinajstić information content (AvgIpc) is 2.95. The van der Waals surface area contributed by atoms with Gasteiger partial charge in [0, 0.05) is 45.0 Å². The molecule has 0 aliphatic carbocycles. The van der Waals surface area contributed by atoms with E-state index in [1.54, 1.807) is 0 Å². The molecule has 3 rings (SSSR count). The van der Waals surface area contributed by atoms with E-state index in [0.717, 1.165) is 42.1 Å². The summed E-state index contributed by atoms with van der Waals surface area (Å²) in [5, 5.41) is 17.0. The Morgan fingerprint density at radius 1 is 1.11 bits per heavy atom. The first-order valence-corrected chi connectivity index (χ1v) is 9.93. The minimum atomic E-state index is -0.00587. The molecule has 1 saturated heterocycles. The number of aliphatic hydroxyl groups excluding tert-OH is 1. The van der Waals surface area contributed by atoms with Crippen LogP contribution in [0, 0.1) is 20.8 Å². The summed E-state index contributed by atoms with van der Waals surface area (Å²) < 4.78 is 1.96. The molecule has 0 saturated carbocycles. The van der Waals surface area contributed by atoms with Crippen molar-refractivity contribution in [2.24, 2.45) is 0 Å². The van der Waals surface area contributed by atoms with Crippen LogP contribution < -0.4 is 5.32 Å². The monoisotopic (exact) mass is 385 g/mol. The molecule has 2 N–H and O–H groups in total. The first kappa shape index (κ1) is 20.4. The Balaban J connectivity index is 1.43. The highest BCUT2D eigenvalue weighted by Gasteiger charge is 2.21. The summed E-state index contributed by atoms with van der Waals surface area (Å²) in [5.74, 6) is 0. The van der Waals surface area contributed by atoms with Crippen molar-refractivity contribution < 1.29 is 9.90 Å². The second-order valence-corrected chi connectivity index (χ2v) is 7.44. The van der Waals surface area contributed by atoms with E-state index in [4.69, 9.17) is 0 Å². The van der Waals surface area contributed by atoms with Gasteiger partial charge < -0.3 is 15.3 Å². The third kappa shape index (κ3) is 4.72. The number of nitrogens with zero attached hydrogens (tertiary/aromatic N) is 4.